The third-order valence-electron chi connectivity index (χ3n) is 2.19. The molecule has 4 heteroatoms. The first-order chi connectivity index (χ1) is 7.20. The van der Waals surface area contributed by atoms with Gasteiger partial charge in [-0.15, -0.1) is 0 Å². The molecule has 0 saturated heterocycles. The summed E-state index contributed by atoms with van der Waals surface area (Å²) in [5.41, 5.74) is 0.0268. The summed E-state index contributed by atoms with van der Waals surface area (Å²) in [6.07, 6.45) is 0.276. The molecule has 78 valence electrons. The summed E-state index contributed by atoms with van der Waals surface area (Å²) in [5, 5.41) is 9.73. The van der Waals surface area contributed by atoms with Gasteiger partial charge in [-0.3, -0.25) is 0 Å². The minimum absolute atomic E-state index is 0.333. The van der Waals surface area contributed by atoms with E-state index in [1.54, 1.807) is 18.3 Å². The molecule has 1 unspecified atom stereocenters. The van der Waals surface area contributed by atoms with Gasteiger partial charge >= 0.3 is 0 Å². The lowest BCUT2D eigenvalue weighted by Crippen LogP contribution is -2.05. The molecule has 0 spiro atoms. The van der Waals surface area contributed by atoms with Crippen LogP contribution in [-0.4, -0.2) is 10.1 Å². The van der Waals surface area contributed by atoms with Crippen molar-refractivity contribution in [2.24, 2.45) is 0 Å². The smallest absolute Gasteiger partial charge is 0.132 e. The van der Waals surface area contributed by atoms with Gasteiger partial charge in [-0.1, -0.05) is 6.07 Å². The molecule has 0 fully saturated rings. The highest BCUT2D eigenvalue weighted by atomic mass is 19.1. The van der Waals surface area contributed by atoms with Crippen LogP contribution in [0.15, 0.2) is 36.5 Å². The first-order valence-electron chi connectivity index (χ1n) is 4.45. The Morgan fingerprint density at radius 2 is 1.73 bits per heavy atom. The second-order valence-corrected chi connectivity index (χ2v) is 3.16. The first kappa shape index (κ1) is 9.86. The lowest BCUT2D eigenvalue weighted by atomic mass is 10.1. The maximum absolute atomic E-state index is 13.3. The molecule has 0 bridgehead atoms. The molecule has 2 aromatic rings. The molecule has 15 heavy (non-hydrogen) atoms. The van der Waals surface area contributed by atoms with Crippen molar-refractivity contribution in [1.29, 1.82) is 0 Å². The van der Waals surface area contributed by atoms with Crippen molar-refractivity contribution < 1.29 is 13.9 Å². The number of hydrogen-bond acceptors (Lipinski definition) is 1. The largest absolute Gasteiger partial charge is 0.382 e. The fourth-order valence-corrected chi connectivity index (χ4v) is 1.44. The minimum atomic E-state index is -1.30. The minimum Gasteiger partial charge on any atom is -0.382 e. The van der Waals surface area contributed by atoms with Gasteiger partial charge in [0.2, 0.25) is 0 Å². The molecule has 0 amide bonds. The second-order valence-electron chi connectivity index (χ2n) is 3.16. The Labute approximate surface area is 85.2 Å². The van der Waals surface area contributed by atoms with Crippen molar-refractivity contribution in [1.82, 2.24) is 4.98 Å². The maximum atomic E-state index is 13.3. The van der Waals surface area contributed by atoms with Crippen molar-refractivity contribution in [2.75, 3.05) is 0 Å². The monoisotopic (exact) mass is 209 g/mol. The van der Waals surface area contributed by atoms with Crippen LogP contribution in [0.5, 0.6) is 0 Å². The van der Waals surface area contributed by atoms with Crippen LogP contribution in [-0.2, 0) is 0 Å². The number of aliphatic hydroxyl groups is 1. The second kappa shape index (κ2) is 3.82. The zero-order valence-electron chi connectivity index (χ0n) is 7.74. The molecule has 0 aliphatic heterocycles. The van der Waals surface area contributed by atoms with Crippen LogP contribution in [0.25, 0.3) is 0 Å². The van der Waals surface area contributed by atoms with E-state index in [2.05, 4.69) is 4.98 Å². The maximum Gasteiger partial charge on any atom is 0.132 e. The van der Waals surface area contributed by atoms with E-state index in [1.807, 2.05) is 0 Å². The SMILES string of the molecule is OC(c1ccc[nH]1)c1c(F)cccc1F. The Bertz CT molecular complexity index is 433. The average molecular weight is 209 g/mol. The fraction of sp³-hybridized carbons (Fsp3) is 0.0909. The zero-order chi connectivity index (χ0) is 10.8. The molecule has 2 nitrogen and oxygen atoms in total. The Morgan fingerprint density at radius 1 is 1.07 bits per heavy atom. The molecule has 0 aliphatic rings. The standard InChI is InChI=1S/C11H9F2NO/c12-7-3-1-4-8(13)10(7)11(15)9-5-2-6-14-9/h1-6,11,14-15H. The molecule has 1 aromatic carbocycles. The molecule has 2 N–H and O–H groups in total. The van der Waals surface area contributed by atoms with Crippen molar-refractivity contribution in [3.05, 3.63) is 59.4 Å². The van der Waals surface area contributed by atoms with Crippen LogP contribution in [0.4, 0.5) is 8.78 Å². The van der Waals surface area contributed by atoms with Gasteiger partial charge in [0.15, 0.2) is 0 Å². The first-order valence-corrected chi connectivity index (χ1v) is 4.45. The van der Waals surface area contributed by atoms with E-state index in [9.17, 15) is 13.9 Å². The van der Waals surface area contributed by atoms with Crippen molar-refractivity contribution in [3.8, 4) is 0 Å². The van der Waals surface area contributed by atoms with E-state index in [-0.39, 0.29) is 5.56 Å². The van der Waals surface area contributed by atoms with Crippen molar-refractivity contribution in [2.45, 2.75) is 6.10 Å². The van der Waals surface area contributed by atoms with Crippen LogP contribution in [0.1, 0.15) is 17.4 Å². The van der Waals surface area contributed by atoms with Crippen LogP contribution in [0, 0.1) is 11.6 Å². The van der Waals surface area contributed by atoms with Crippen LogP contribution < -0.4 is 0 Å². The molecule has 1 aromatic heterocycles. The number of H-pyrrole nitrogens is 1. The Balaban J connectivity index is 2.46. The quantitative estimate of drug-likeness (QED) is 0.782. The summed E-state index contributed by atoms with van der Waals surface area (Å²) in [6, 6.07) is 6.71. The molecule has 2 rings (SSSR count). The normalized spacial score (nSPS) is 12.7. The number of rotatable bonds is 2. The van der Waals surface area contributed by atoms with E-state index in [4.69, 9.17) is 0 Å². The van der Waals surface area contributed by atoms with Crippen LogP contribution >= 0.6 is 0 Å². The summed E-state index contributed by atoms with van der Waals surface area (Å²) in [5.74, 6) is -1.51. The lowest BCUT2D eigenvalue weighted by Gasteiger charge is -2.11. The number of halogens is 2. The number of nitrogens with one attached hydrogen (secondary N) is 1. The number of aliphatic hydroxyl groups excluding tert-OH is 1. The fourth-order valence-electron chi connectivity index (χ4n) is 1.44. The molecule has 0 saturated carbocycles. The van der Waals surface area contributed by atoms with E-state index in [1.165, 1.54) is 6.07 Å². The van der Waals surface area contributed by atoms with E-state index >= 15 is 0 Å². The number of aromatic nitrogens is 1. The van der Waals surface area contributed by atoms with Gasteiger partial charge < -0.3 is 10.1 Å². The zero-order valence-corrected chi connectivity index (χ0v) is 7.74. The Kier molecular flexibility index (Phi) is 2.51. The summed E-state index contributed by atoms with van der Waals surface area (Å²) < 4.78 is 26.6. The third kappa shape index (κ3) is 1.76. The molecule has 1 heterocycles. The third-order valence-corrected chi connectivity index (χ3v) is 2.19. The topological polar surface area (TPSA) is 36.0 Å². The molecular weight excluding hydrogens is 200 g/mol. The molecule has 0 radical (unpaired) electrons. The van der Waals surface area contributed by atoms with Crippen LogP contribution in [0.3, 0.4) is 0 Å². The van der Waals surface area contributed by atoms with Gasteiger partial charge in [-0.25, -0.2) is 8.78 Å². The van der Waals surface area contributed by atoms with Gasteiger partial charge in [-0.05, 0) is 24.3 Å². The summed E-state index contributed by atoms with van der Waals surface area (Å²) in [6.45, 7) is 0. The van der Waals surface area contributed by atoms with Crippen molar-refractivity contribution in [3.63, 3.8) is 0 Å². The number of hydrogen-bond donors (Lipinski definition) is 2. The molecule has 1 atom stereocenters. The van der Waals surface area contributed by atoms with Gasteiger partial charge in [0.05, 0.1) is 5.56 Å². The summed E-state index contributed by atoms with van der Waals surface area (Å²) >= 11 is 0. The van der Waals surface area contributed by atoms with Gasteiger partial charge in [0.1, 0.15) is 17.7 Å². The van der Waals surface area contributed by atoms with Crippen LogP contribution in [0.2, 0.25) is 0 Å². The predicted molar refractivity (Wildman–Crippen MR) is 51.2 cm³/mol. The van der Waals surface area contributed by atoms with E-state index in [0.717, 1.165) is 12.1 Å². The highest BCUT2D eigenvalue weighted by Crippen LogP contribution is 2.25. The van der Waals surface area contributed by atoms with Gasteiger partial charge in [0.25, 0.3) is 0 Å². The summed E-state index contributed by atoms with van der Waals surface area (Å²) in [4.78, 5) is 2.71. The van der Waals surface area contributed by atoms with E-state index in [0.29, 0.717) is 5.69 Å². The number of benzene rings is 1. The number of aromatic amines is 1. The highest BCUT2D eigenvalue weighted by molar-refractivity contribution is 5.28. The highest BCUT2D eigenvalue weighted by Gasteiger charge is 2.19. The van der Waals surface area contributed by atoms with E-state index < -0.39 is 17.7 Å². The van der Waals surface area contributed by atoms with Gasteiger partial charge in [0, 0.05) is 11.9 Å². The molecule has 0 aliphatic carbocycles. The van der Waals surface area contributed by atoms with Crippen molar-refractivity contribution >= 4 is 0 Å². The Hall–Kier alpha value is -1.68. The summed E-state index contributed by atoms with van der Waals surface area (Å²) in [7, 11) is 0. The lowest BCUT2D eigenvalue weighted by molar-refractivity contribution is 0.205. The average Bonchev–Trinajstić information content (AvgIpc) is 2.69. The Morgan fingerprint density at radius 3 is 2.27 bits per heavy atom. The predicted octanol–water partition coefficient (Wildman–Crippen LogP) is 2.37. The van der Waals surface area contributed by atoms with Gasteiger partial charge in [-0.2, -0.15) is 0 Å². The molecular formula is C11H9F2NO.